The third kappa shape index (κ3) is 2.99. The van der Waals surface area contributed by atoms with Gasteiger partial charge in [0.1, 0.15) is 0 Å². The smallest absolute Gasteiger partial charge is 0.166 e. The average molecular weight is 195 g/mol. The second kappa shape index (κ2) is 4.18. The topological polar surface area (TPSA) is 42.1 Å². The van der Waals surface area contributed by atoms with E-state index in [4.69, 9.17) is 18.0 Å². The Hall–Kier alpha value is -1.16. The fraction of sp³-hybridized carbons (Fsp3) is 0.333. The van der Waals surface area contributed by atoms with Crippen LogP contribution in [0, 0.1) is 6.92 Å². The molecule has 0 saturated heterocycles. The highest BCUT2D eigenvalue weighted by Crippen LogP contribution is 2.01. The van der Waals surface area contributed by atoms with Crippen LogP contribution in [0.15, 0.2) is 18.2 Å². The third-order valence-corrected chi connectivity index (χ3v) is 2.03. The SMILES string of the molecule is Cc1cccc(CN(C)C(N)=S)n1. The Morgan fingerprint density at radius 3 is 2.85 bits per heavy atom. The molecule has 0 bridgehead atoms. The highest BCUT2D eigenvalue weighted by Gasteiger charge is 2.01. The number of rotatable bonds is 2. The van der Waals surface area contributed by atoms with Crippen molar-refractivity contribution < 1.29 is 0 Å². The molecule has 4 heteroatoms. The van der Waals surface area contributed by atoms with Crippen LogP contribution in [-0.4, -0.2) is 22.0 Å². The Morgan fingerprint density at radius 2 is 2.31 bits per heavy atom. The molecule has 13 heavy (non-hydrogen) atoms. The summed E-state index contributed by atoms with van der Waals surface area (Å²) < 4.78 is 0. The summed E-state index contributed by atoms with van der Waals surface area (Å²) in [5.74, 6) is 0. The second-order valence-corrected chi connectivity index (χ2v) is 3.38. The van der Waals surface area contributed by atoms with Gasteiger partial charge in [0.25, 0.3) is 0 Å². The van der Waals surface area contributed by atoms with Crippen molar-refractivity contribution in [1.29, 1.82) is 0 Å². The number of pyridine rings is 1. The zero-order valence-electron chi connectivity index (χ0n) is 7.82. The Balaban J connectivity index is 2.69. The first-order valence-electron chi connectivity index (χ1n) is 4.02. The van der Waals surface area contributed by atoms with E-state index < -0.39 is 0 Å². The van der Waals surface area contributed by atoms with E-state index in [1.54, 1.807) is 4.90 Å². The lowest BCUT2D eigenvalue weighted by atomic mass is 10.3. The molecule has 0 aliphatic rings. The lowest BCUT2D eigenvalue weighted by Crippen LogP contribution is -2.31. The van der Waals surface area contributed by atoms with Crippen molar-refractivity contribution in [1.82, 2.24) is 9.88 Å². The molecule has 0 saturated carbocycles. The van der Waals surface area contributed by atoms with Crippen molar-refractivity contribution in [3.05, 3.63) is 29.6 Å². The first-order valence-corrected chi connectivity index (χ1v) is 4.43. The van der Waals surface area contributed by atoms with E-state index in [0.29, 0.717) is 11.7 Å². The van der Waals surface area contributed by atoms with Crippen LogP contribution in [-0.2, 0) is 6.54 Å². The van der Waals surface area contributed by atoms with Gasteiger partial charge in [-0.3, -0.25) is 4.98 Å². The maximum Gasteiger partial charge on any atom is 0.166 e. The molecule has 1 rings (SSSR count). The summed E-state index contributed by atoms with van der Waals surface area (Å²) >= 11 is 4.83. The molecular formula is C9H13N3S. The Labute approximate surface area is 83.6 Å². The summed E-state index contributed by atoms with van der Waals surface area (Å²) in [5, 5.41) is 0.392. The highest BCUT2D eigenvalue weighted by atomic mass is 32.1. The minimum atomic E-state index is 0.392. The summed E-state index contributed by atoms with van der Waals surface area (Å²) in [5.41, 5.74) is 7.44. The van der Waals surface area contributed by atoms with E-state index in [9.17, 15) is 0 Å². The van der Waals surface area contributed by atoms with Gasteiger partial charge in [-0.1, -0.05) is 6.07 Å². The van der Waals surface area contributed by atoms with Gasteiger partial charge in [0, 0.05) is 12.7 Å². The summed E-state index contributed by atoms with van der Waals surface area (Å²) in [6, 6.07) is 5.90. The van der Waals surface area contributed by atoms with Gasteiger partial charge in [-0.15, -0.1) is 0 Å². The van der Waals surface area contributed by atoms with Gasteiger partial charge in [-0.2, -0.15) is 0 Å². The second-order valence-electron chi connectivity index (χ2n) is 2.96. The number of hydrogen-bond acceptors (Lipinski definition) is 2. The molecule has 0 fully saturated rings. The Kier molecular flexibility index (Phi) is 3.19. The van der Waals surface area contributed by atoms with Crippen LogP contribution in [0.25, 0.3) is 0 Å². The van der Waals surface area contributed by atoms with Crippen LogP contribution in [0.4, 0.5) is 0 Å². The van der Waals surface area contributed by atoms with Gasteiger partial charge < -0.3 is 10.6 Å². The molecule has 0 aliphatic carbocycles. The maximum absolute atomic E-state index is 5.45. The predicted octanol–water partition coefficient (Wildman–Crippen LogP) is 1.07. The Bertz CT molecular complexity index is 311. The van der Waals surface area contributed by atoms with Crippen LogP contribution in [0.5, 0.6) is 0 Å². The molecule has 70 valence electrons. The quantitative estimate of drug-likeness (QED) is 0.717. The summed E-state index contributed by atoms with van der Waals surface area (Å²) in [6.07, 6.45) is 0. The van der Waals surface area contributed by atoms with Gasteiger partial charge in [0.2, 0.25) is 0 Å². The first-order chi connectivity index (χ1) is 6.09. The Morgan fingerprint density at radius 1 is 1.62 bits per heavy atom. The molecule has 0 spiro atoms. The number of aryl methyl sites for hydroxylation is 1. The monoisotopic (exact) mass is 195 g/mol. The third-order valence-electron chi connectivity index (χ3n) is 1.72. The van der Waals surface area contributed by atoms with Gasteiger partial charge in [-0.25, -0.2) is 0 Å². The molecule has 0 amide bonds. The van der Waals surface area contributed by atoms with Crippen molar-refractivity contribution in [3.63, 3.8) is 0 Å². The van der Waals surface area contributed by atoms with Gasteiger partial charge in [0.05, 0.1) is 12.2 Å². The van der Waals surface area contributed by atoms with Crippen LogP contribution < -0.4 is 5.73 Å². The average Bonchev–Trinajstić information content (AvgIpc) is 2.04. The molecule has 0 aromatic carbocycles. The van der Waals surface area contributed by atoms with Crippen LogP contribution in [0.2, 0.25) is 0 Å². The van der Waals surface area contributed by atoms with E-state index >= 15 is 0 Å². The van der Waals surface area contributed by atoms with Crippen LogP contribution in [0.3, 0.4) is 0 Å². The van der Waals surface area contributed by atoms with Gasteiger partial charge >= 0.3 is 0 Å². The number of nitrogens with two attached hydrogens (primary N) is 1. The number of hydrogen-bond donors (Lipinski definition) is 1. The van der Waals surface area contributed by atoms with Crippen molar-refractivity contribution >= 4 is 17.3 Å². The van der Waals surface area contributed by atoms with Crippen molar-refractivity contribution in [2.24, 2.45) is 5.73 Å². The van der Waals surface area contributed by atoms with E-state index in [-0.39, 0.29) is 0 Å². The van der Waals surface area contributed by atoms with Crippen LogP contribution in [0.1, 0.15) is 11.4 Å². The molecule has 0 atom stereocenters. The van der Waals surface area contributed by atoms with E-state index in [0.717, 1.165) is 11.4 Å². The molecular weight excluding hydrogens is 182 g/mol. The van der Waals surface area contributed by atoms with E-state index in [2.05, 4.69) is 4.98 Å². The number of thiocarbonyl (C=S) groups is 1. The number of nitrogens with zero attached hydrogens (tertiary/aromatic N) is 2. The molecule has 0 aliphatic heterocycles. The lowest BCUT2D eigenvalue weighted by molar-refractivity contribution is 0.495. The molecule has 1 aromatic heterocycles. The maximum atomic E-state index is 5.45. The van der Waals surface area contributed by atoms with Gasteiger partial charge in [0.15, 0.2) is 5.11 Å². The number of aromatic nitrogens is 1. The van der Waals surface area contributed by atoms with E-state index in [1.807, 2.05) is 32.2 Å². The molecule has 3 nitrogen and oxygen atoms in total. The molecule has 1 heterocycles. The normalized spacial score (nSPS) is 9.69. The van der Waals surface area contributed by atoms with Crippen molar-refractivity contribution in [2.45, 2.75) is 13.5 Å². The first kappa shape index (κ1) is 9.92. The van der Waals surface area contributed by atoms with Gasteiger partial charge in [-0.05, 0) is 31.3 Å². The van der Waals surface area contributed by atoms with Crippen LogP contribution >= 0.6 is 12.2 Å². The molecule has 1 aromatic rings. The minimum absolute atomic E-state index is 0.392. The lowest BCUT2D eigenvalue weighted by Gasteiger charge is -2.15. The molecule has 2 N–H and O–H groups in total. The summed E-state index contributed by atoms with van der Waals surface area (Å²) in [6.45, 7) is 2.63. The predicted molar refractivity (Wildman–Crippen MR) is 57.2 cm³/mol. The minimum Gasteiger partial charge on any atom is -0.376 e. The van der Waals surface area contributed by atoms with Crippen molar-refractivity contribution in [3.8, 4) is 0 Å². The zero-order chi connectivity index (χ0) is 9.84. The van der Waals surface area contributed by atoms with Crippen molar-refractivity contribution in [2.75, 3.05) is 7.05 Å². The molecule has 0 radical (unpaired) electrons. The fourth-order valence-corrected chi connectivity index (χ4v) is 1.07. The largest absolute Gasteiger partial charge is 0.376 e. The summed E-state index contributed by atoms with van der Waals surface area (Å²) in [7, 11) is 1.85. The summed E-state index contributed by atoms with van der Waals surface area (Å²) in [4.78, 5) is 6.13. The zero-order valence-corrected chi connectivity index (χ0v) is 8.64. The highest BCUT2D eigenvalue weighted by molar-refractivity contribution is 7.80. The standard InChI is InChI=1S/C9H13N3S/c1-7-4-3-5-8(11-7)6-12(2)9(10)13/h3-5H,6H2,1-2H3,(H2,10,13). The fourth-order valence-electron chi connectivity index (χ4n) is 1.01. The molecule has 0 unspecified atom stereocenters. The van der Waals surface area contributed by atoms with E-state index in [1.165, 1.54) is 0 Å².